The molecule has 1 aromatic carbocycles. The molecule has 0 spiro atoms. The lowest BCUT2D eigenvalue weighted by molar-refractivity contribution is 0.0686. The molecule has 1 aliphatic carbocycles. The Morgan fingerprint density at radius 1 is 1.37 bits per heavy atom. The Bertz CT molecular complexity index is 489. The van der Waals surface area contributed by atoms with Crippen molar-refractivity contribution in [2.75, 3.05) is 6.54 Å². The molecule has 1 saturated carbocycles. The molecule has 1 amide bonds. The van der Waals surface area contributed by atoms with E-state index in [2.05, 4.69) is 6.07 Å². The Labute approximate surface area is 118 Å². The molecule has 3 nitrogen and oxygen atoms in total. The zero-order valence-corrected chi connectivity index (χ0v) is 11.6. The summed E-state index contributed by atoms with van der Waals surface area (Å²) in [6.45, 7) is 0.491. The van der Waals surface area contributed by atoms with Crippen LogP contribution < -0.4 is 0 Å². The van der Waals surface area contributed by atoms with Crippen LogP contribution in [0, 0.1) is 11.3 Å². The largest absolute Gasteiger partial charge is 0.335 e. The van der Waals surface area contributed by atoms with E-state index in [9.17, 15) is 4.79 Å². The van der Waals surface area contributed by atoms with Gasteiger partial charge < -0.3 is 4.90 Å². The van der Waals surface area contributed by atoms with E-state index in [1.54, 1.807) is 12.1 Å². The Balaban J connectivity index is 2.20. The Hall–Kier alpha value is -1.53. The second-order valence-electron chi connectivity index (χ2n) is 4.82. The number of hydrogen-bond donors (Lipinski definition) is 0. The molecule has 2 rings (SSSR count). The summed E-state index contributed by atoms with van der Waals surface area (Å²) in [4.78, 5) is 14.4. The summed E-state index contributed by atoms with van der Waals surface area (Å²) in [6, 6.07) is 9.48. The Morgan fingerprint density at radius 2 is 2.05 bits per heavy atom. The molecule has 4 heteroatoms. The van der Waals surface area contributed by atoms with Crippen molar-refractivity contribution in [2.45, 2.75) is 38.1 Å². The fourth-order valence-electron chi connectivity index (χ4n) is 2.63. The average molecular weight is 277 g/mol. The smallest absolute Gasteiger partial charge is 0.255 e. The highest BCUT2D eigenvalue weighted by Crippen LogP contribution is 2.26. The summed E-state index contributed by atoms with van der Waals surface area (Å²) >= 11 is 6.09. The SMILES string of the molecule is N#CCCN(C(=O)c1ccccc1Cl)C1CCCC1. The van der Waals surface area contributed by atoms with Crippen LogP contribution in [0.5, 0.6) is 0 Å². The molecule has 0 radical (unpaired) electrons. The zero-order valence-electron chi connectivity index (χ0n) is 10.8. The molecule has 0 heterocycles. The lowest BCUT2D eigenvalue weighted by Crippen LogP contribution is -2.39. The topological polar surface area (TPSA) is 44.1 Å². The predicted octanol–water partition coefficient (Wildman–Crippen LogP) is 3.64. The third-order valence-electron chi connectivity index (χ3n) is 3.60. The van der Waals surface area contributed by atoms with Crippen molar-refractivity contribution in [3.63, 3.8) is 0 Å². The van der Waals surface area contributed by atoms with Gasteiger partial charge in [0.25, 0.3) is 5.91 Å². The number of nitrogens with zero attached hydrogens (tertiary/aromatic N) is 2. The van der Waals surface area contributed by atoms with Crippen LogP contribution in [0.1, 0.15) is 42.5 Å². The minimum absolute atomic E-state index is 0.0484. The van der Waals surface area contributed by atoms with E-state index in [-0.39, 0.29) is 11.9 Å². The van der Waals surface area contributed by atoms with Crippen molar-refractivity contribution in [1.29, 1.82) is 5.26 Å². The Morgan fingerprint density at radius 3 is 2.68 bits per heavy atom. The van der Waals surface area contributed by atoms with Crippen LogP contribution in [-0.4, -0.2) is 23.4 Å². The summed E-state index contributed by atoms with van der Waals surface area (Å²) in [5.41, 5.74) is 0.536. The van der Waals surface area contributed by atoms with Crippen LogP contribution >= 0.6 is 11.6 Å². The summed E-state index contributed by atoms with van der Waals surface area (Å²) < 4.78 is 0. The van der Waals surface area contributed by atoms with Gasteiger partial charge in [0, 0.05) is 12.6 Å². The second-order valence-corrected chi connectivity index (χ2v) is 5.23. The molecule has 0 bridgehead atoms. The molecule has 1 fully saturated rings. The number of amides is 1. The second kappa shape index (κ2) is 6.58. The van der Waals surface area contributed by atoms with Gasteiger partial charge in [-0.25, -0.2) is 0 Å². The minimum atomic E-state index is -0.0484. The number of carbonyl (C=O) groups is 1. The minimum Gasteiger partial charge on any atom is -0.335 e. The fraction of sp³-hybridized carbons (Fsp3) is 0.467. The number of benzene rings is 1. The monoisotopic (exact) mass is 276 g/mol. The first kappa shape index (κ1) is 13.9. The average Bonchev–Trinajstić information content (AvgIpc) is 2.93. The summed E-state index contributed by atoms with van der Waals surface area (Å²) in [6.07, 6.45) is 4.74. The van der Waals surface area contributed by atoms with Gasteiger partial charge >= 0.3 is 0 Å². The predicted molar refractivity (Wildman–Crippen MR) is 75.0 cm³/mol. The molecule has 1 aromatic rings. The third kappa shape index (κ3) is 3.27. The van der Waals surface area contributed by atoms with Gasteiger partial charge in [-0.15, -0.1) is 0 Å². The first-order chi connectivity index (χ1) is 9.24. The lowest BCUT2D eigenvalue weighted by Gasteiger charge is -2.28. The van der Waals surface area contributed by atoms with Crippen molar-refractivity contribution in [1.82, 2.24) is 4.90 Å². The van der Waals surface area contributed by atoms with Crippen molar-refractivity contribution in [3.05, 3.63) is 34.9 Å². The fourth-order valence-corrected chi connectivity index (χ4v) is 2.84. The van der Waals surface area contributed by atoms with Gasteiger partial charge in [0.05, 0.1) is 23.1 Å². The summed E-state index contributed by atoms with van der Waals surface area (Å²) in [5, 5.41) is 9.23. The molecule has 100 valence electrons. The first-order valence-electron chi connectivity index (χ1n) is 6.66. The van der Waals surface area contributed by atoms with Crippen molar-refractivity contribution < 1.29 is 4.79 Å². The van der Waals surface area contributed by atoms with E-state index in [4.69, 9.17) is 16.9 Å². The van der Waals surface area contributed by atoms with Crippen LogP contribution in [0.15, 0.2) is 24.3 Å². The normalized spacial score (nSPS) is 15.2. The van der Waals surface area contributed by atoms with Crippen LogP contribution in [-0.2, 0) is 0 Å². The van der Waals surface area contributed by atoms with E-state index in [0.717, 1.165) is 25.7 Å². The lowest BCUT2D eigenvalue weighted by atomic mass is 10.1. The number of carbonyl (C=O) groups excluding carboxylic acids is 1. The number of hydrogen-bond acceptors (Lipinski definition) is 2. The van der Waals surface area contributed by atoms with Crippen LogP contribution in [0.2, 0.25) is 5.02 Å². The summed E-state index contributed by atoms with van der Waals surface area (Å²) in [5.74, 6) is -0.0484. The van der Waals surface area contributed by atoms with Gasteiger partial charge in [-0.05, 0) is 25.0 Å². The molecule has 0 atom stereocenters. The molecule has 1 aliphatic rings. The quantitative estimate of drug-likeness (QED) is 0.843. The van der Waals surface area contributed by atoms with E-state index in [1.165, 1.54) is 0 Å². The van der Waals surface area contributed by atoms with E-state index in [0.29, 0.717) is 23.6 Å². The van der Waals surface area contributed by atoms with Gasteiger partial charge in [-0.1, -0.05) is 36.6 Å². The molecular formula is C15H17ClN2O. The van der Waals surface area contributed by atoms with E-state index < -0.39 is 0 Å². The summed E-state index contributed by atoms with van der Waals surface area (Å²) in [7, 11) is 0. The van der Waals surface area contributed by atoms with Gasteiger partial charge in [-0.3, -0.25) is 4.79 Å². The number of nitriles is 1. The molecule has 0 unspecified atom stereocenters. The maximum absolute atomic E-state index is 12.6. The maximum atomic E-state index is 12.6. The number of rotatable bonds is 4. The van der Waals surface area contributed by atoms with Crippen molar-refractivity contribution >= 4 is 17.5 Å². The first-order valence-corrected chi connectivity index (χ1v) is 7.04. The third-order valence-corrected chi connectivity index (χ3v) is 3.92. The standard InChI is InChI=1S/C15H17ClN2O/c16-14-9-4-3-8-13(14)15(19)18(11-5-10-17)12-6-1-2-7-12/h3-4,8-9,12H,1-2,5-7,11H2. The Kier molecular flexibility index (Phi) is 4.81. The molecule has 0 N–H and O–H groups in total. The maximum Gasteiger partial charge on any atom is 0.255 e. The number of halogens is 1. The van der Waals surface area contributed by atoms with Crippen LogP contribution in [0.4, 0.5) is 0 Å². The van der Waals surface area contributed by atoms with E-state index in [1.807, 2.05) is 17.0 Å². The highest BCUT2D eigenvalue weighted by molar-refractivity contribution is 6.33. The molecule has 0 aromatic heterocycles. The molecular weight excluding hydrogens is 260 g/mol. The van der Waals surface area contributed by atoms with E-state index >= 15 is 0 Å². The van der Waals surface area contributed by atoms with Crippen molar-refractivity contribution in [3.8, 4) is 6.07 Å². The molecule has 0 aliphatic heterocycles. The molecule has 19 heavy (non-hydrogen) atoms. The van der Waals surface area contributed by atoms with Gasteiger partial charge in [-0.2, -0.15) is 5.26 Å². The zero-order chi connectivity index (χ0) is 13.7. The highest BCUT2D eigenvalue weighted by atomic mass is 35.5. The van der Waals surface area contributed by atoms with Gasteiger partial charge in [0.1, 0.15) is 0 Å². The van der Waals surface area contributed by atoms with Gasteiger partial charge in [0.2, 0.25) is 0 Å². The molecule has 0 saturated heterocycles. The van der Waals surface area contributed by atoms with Crippen LogP contribution in [0.3, 0.4) is 0 Å². The van der Waals surface area contributed by atoms with Crippen LogP contribution in [0.25, 0.3) is 0 Å². The highest BCUT2D eigenvalue weighted by Gasteiger charge is 2.27. The van der Waals surface area contributed by atoms with Gasteiger partial charge in [0.15, 0.2) is 0 Å². The van der Waals surface area contributed by atoms with Crippen molar-refractivity contribution in [2.24, 2.45) is 0 Å².